The first-order valence-electron chi connectivity index (χ1n) is 9.63. The van der Waals surface area contributed by atoms with E-state index in [1.54, 1.807) is 12.4 Å². The molecule has 6 heteroatoms. The van der Waals surface area contributed by atoms with Crippen LogP contribution in [0.5, 0.6) is 0 Å². The Labute approximate surface area is 149 Å². The number of hydrogen-bond acceptors (Lipinski definition) is 4. The molecule has 0 bridgehead atoms. The third-order valence-corrected chi connectivity index (χ3v) is 5.95. The summed E-state index contributed by atoms with van der Waals surface area (Å²) in [6, 6.07) is 0. The second kappa shape index (κ2) is 7.30. The van der Waals surface area contributed by atoms with Crippen molar-refractivity contribution in [3.8, 4) is 0 Å². The van der Waals surface area contributed by atoms with Crippen LogP contribution in [0.4, 0.5) is 0 Å². The number of hydrogen-bond donors (Lipinski definition) is 2. The van der Waals surface area contributed by atoms with Gasteiger partial charge < -0.3 is 10.1 Å². The van der Waals surface area contributed by atoms with Crippen LogP contribution in [0.2, 0.25) is 0 Å². The molecular formula is C19H29N5O. The van der Waals surface area contributed by atoms with E-state index in [9.17, 15) is 5.11 Å². The molecule has 1 aliphatic carbocycles. The largest absolute Gasteiger partial charge is 0.385 e. The lowest BCUT2D eigenvalue weighted by molar-refractivity contribution is 0.0514. The van der Waals surface area contributed by atoms with Crippen LogP contribution in [-0.4, -0.2) is 42.8 Å². The predicted octanol–water partition coefficient (Wildman–Crippen LogP) is 2.75. The van der Waals surface area contributed by atoms with E-state index in [4.69, 9.17) is 5.10 Å². The number of likely N-dealkylation sites (tertiary alicyclic amines) is 1. The van der Waals surface area contributed by atoms with Crippen molar-refractivity contribution in [2.75, 3.05) is 13.1 Å². The highest BCUT2D eigenvalue weighted by Gasteiger charge is 2.29. The Hall–Kier alpha value is -1.66. The molecule has 2 fully saturated rings. The fourth-order valence-corrected chi connectivity index (χ4v) is 4.55. The number of H-pyrrole nitrogens is 1. The Morgan fingerprint density at radius 1 is 1.24 bits per heavy atom. The fourth-order valence-electron chi connectivity index (χ4n) is 4.55. The molecule has 1 unspecified atom stereocenters. The van der Waals surface area contributed by atoms with Crippen molar-refractivity contribution >= 4 is 0 Å². The molecule has 136 valence electrons. The lowest BCUT2D eigenvalue weighted by atomic mass is 9.90. The minimum Gasteiger partial charge on any atom is -0.385 e. The Kier molecular flexibility index (Phi) is 4.90. The van der Waals surface area contributed by atoms with Gasteiger partial charge in [-0.3, -0.25) is 9.58 Å². The smallest absolute Gasteiger partial charge is 0.135 e. The first-order chi connectivity index (χ1) is 12.2. The summed E-state index contributed by atoms with van der Waals surface area (Å²) in [4.78, 5) is 9.76. The number of nitrogens with zero attached hydrogens (tertiary/aromatic N) is 4. The molecular weight excluding hydrogens is 314 g/mol. The molecule has 1 saturated heterocycles. The monoisotopic (exact) mass is 343 g/mol. The van der Waals surface area contributed by atoms with Gasteiger partial charge in [0.1, 0.15) is 11.9 Å². The van der Waals surface area contributed by atoms with Gasteiger partial charge in [0.25, 0.3) is 0 Å². The summed E-state index contributed by atoms with van der Waals surface area (Å²) < 4.78 is 1.98. The van der Waals surface area contributed by atoms with Gasteiger partial charge in [-0.05, 0) is 44.7 Å². The average Bonchev–Trinajstić information content (AvgIpc) is 3.37. The van der Waals surface area contributed by atoms with Crippen molar-refractivity contribution in [1.29, 1.82) is 0 Å². The highest BCUT2D eigenvalue weighted by atomic mass is 16.3. The molecule has 6 nitrogen and oxygen atoms in total. The molecule has 1 aliphatic heterocycles. The maximum Gasteiger partial charge on any atom is 0.135 e. The molecule has 2 aliphatic rings. The topological polar surface area (TPSA) is 70.0 Å². The molecule has 25 heavy (non-hydrogen) atoms. The van der Waals surface area contributed by atoms with Crippen LogP contribution in [0.3, 0.4) is 0 Å². The molecule has 0 spiro atoms. The normalized spacial score (nSPS) is 21.8. The maximum absolute atomic E-state index is 10.5. The van der Waals surface area contributed by atoms with Gasteiger partial charge >= 0.3 is 0 Å². The number of piperidine rings is 1. The van der Waals surface area contributed by atoms with Crippen molar-refractivity contribution < 1.29 is 5.11 Å². The number of rotatable bonds is 5. The minimum absolute atomic E-state index is 0.297. The van der Waals surface area contributed by atoms with E-state index < -0.39 is 6.10 Å². The van der Waals surface area contributed by atoms with Crippen LogP contribution in [0, 0.1) is 5.92 Å². The number of nitrogens with one attached hydrogen (secondary N) is 1. The van der Waals surface area contributed by atoms with Crippen LogP contribution >= 0.6 is 0 Å². The van der Waals surface area contributed by atoms with Gasteiger partial charge in [-0.2, -0.15) is 5.10 Å². The first kappa shape index (κ1) is 16.8. The summed E-state index contributed by atoms with van der Waals surface area (Å²) in [5, 5.41) is 15.2. The third kappa shape index (κ3) is 3.65. The number of aromatic nitrogens is 4. The molecule has 2 aromatic heterocycles. The van der Waals surface area contributed by atoms with Crippen molar-refractivity contribution in [2.45, 2.75) is 57.1 Å². The van der Waals surface area contributed by atoms with Gasteiger partial charge in [-0.15, -0.1) is 0 Å². The van der Waals surface area contributed by atoms with Gasteiger partial charge in [-0.25, -0.2) is 4.98 Å². The van der Waals surface area contributed by atoms with Crippen LogP contribution in [0.15, 0.2) is 18.6 Å². The summed E-state index contributed by atoms with van der Waals surface area (Å²) in [7, 11) is 2.04. The first-order valence-corrected chi connectivity index (χ1v) is 9.63. The fraction of sp³-hybridized carbons (Fsp3) is 0.684. The molecule has 1 atom stereocenters. The lowest BCUT2D eigenvalue weighted by Gasteiger charge is -2.33. The maximum atomic E-state index is 10.5. The van der Waals surface area contributed by atoms with E-state index in [2.05, 4.69) is 21.1 Å². The number of imidazole rings is 1. The Morgan fingerprint density at radius 2 is 2.00 bits per heavy atom. The zero-order valence-corrected chi connectivity index (χ0v) is 15.1. The van der Waals surface area contributed by atoms with Crippen molar-refractivity contribution in [3.63, 3.8) is 0 Å². The lowest BCUT2D eigenvalue weighted by Crippen LogP contribution is -2.35. The number of aromatic amines is 1. The van der Waals surface area contributed by atoms with E-state index in [1.807, 2.05) is 11.7 Å². The number of aliphatic hydroxyl groups is 1. The molecule has 3 heterocycles. The summed E-state index contributed by atoms with van der Waals surface area (Å²) in [5.41, 5.74) is 2.73. The van der Waals surface area contributed by atoms with Crippen LogP contribution in [0.1, 0.15) is 67.6 Å². The van der Waals surface area contributed by atoms with Crippen molar-refractivity contribution in [3.05, 3.63) is 35.7 Å². The van der Waals surface area contributed by atoms with Crippen molar-refractivity contribution in [1.82, 2.24) is 24.6 Å². The van der Waals surface area contributed by atoms with E-state index in [0.29, 0.717) is 17.7 Å². The van der Waals surface area contributed by atoms with Crippen molar-refractivity contribution in [2.24, 2.45) is 13.0 Å². The zero-order chi connectivity index (χ0) is 17.2. The minimum atomic E-state index is -0.468. The van der Waals surface area contributed by atoms with Crippen LogP contribution < -0.4 is 0 Å². The Bertz CT molecular complexity index is 666. The van der Waals surface area contributed by atoms with E-state index in [1.165, 1.54) is 36.9 Å². The second-order valence-corrected chi connectivity index (χ2v) is 7.73. The standard InChI is InChI=1S/C19H29N5O/c1-23-12-16(17(22-23)14-4-2-3-5-14)13-24-10-6-15(7-11-24)18(25)19-20-8-9-21-19/h8-9,12,14-15,18,25H,2-7,10-11,13H2,1H3,(H,20,21). The molecule has 2 aromatic rings. The van der Waals surface area contributed by atoms with Crippen LogP contribution in [0.25, 0.3) is 0 Å². The van der Waals surface area contributed by atoms with Gasteiger partial charge in [0.15, 0.2) is 0 Å². The van der Waals surface area contributed by atoms with Gasteiger partial charge in [-0.1, -0.05) is 12.8 Å². The highest BCUT2D eigenvalue weighted by Crippen LogP contribution is 2.36. The third-order valence-electron chi connectivity index (χ3n) is 5.95. The average molecular weight is 343 g/mol. The van der Waals surface area contributed by atoms with Gasteiger partial charge in [0.05, 0.1) is 5.69 Å². The van der Waals surface area contributed by atoms with Gasteiger partial charge in [0, 0.05) is 43.7 Å². The molecule has 4 rings (SSSR count). The SMILES string of the molecule is Cn1cc(CN2CCC(C(O)c3ncc[nH]3)CC2)c(C2CCCC2)n1. The molecule has 0 radical (unpaired) electrons. The summed E-state index contributed by atoms with van der Waals surface area (Å²) in [5.74, 6) is 1.66. The Morgan fingerprint density at radius 3 is 2.68 bits per heavy atom. The van der Waals surface area contributed by atoms with Crippen LogP contribution in [-0.2, 0) is 13.6 Å². The summed E-state index contributed by atoms with van der Waals surface area (Å²) in [6.07, 6.45) is 12.5. The predicted molar refractivity (Wildman–Crippen MR) is 96.0 cm³/mol. The van der Waals surface area contributed by atoms with E-state index >= 15 is 0 Å². The summed E-state index contributed by atoms with van der Waals surface area (Å²) in [6.45, 7) is 3.05. The Balaban J connectivity index is 1.36. The molecule has 0 amide bonds. The van der Waals surface area contributed by atoms with E-state index in [0.717, 1.165) is 32.5 Å². The zero-order valence-electron chi connectivity index (χ0n) is 15.1. The van der Waals surface area contributed by atoms with Gasteiger partial charge in [0.2, 0.25) is 0 Å². The number of aryl methyl sites for hydroxylation is 1. The number of aliphatic hydroxyl groups excluding tert-OH is 1. The summed E-state index contributed by atoms with van der Waals surface area (Å²) >= 11 is 0. The van der Waals surface area contributed by atoms with E-state index in [-0.39, 0.29) is 0 Å². The highest BCUT2D eigenvalue weighted by molar-refractivity contribution is 5.22. The molecule has 1 saturated carbocycles. The molecule has 2 N–H and O–H groups in total. The molecule has 0 aromatic carbocycles. The quantitative estimate of drug-likeness (QED) is 0.876. The second-order valence-electron chi connectivity index (χ2n) is 7.73.